The van der Waals surface area contributed by atoms with E-state index in [0.717, 1.165) is 5.56 Å². The van der Waals surface area contributed by atoms with Gasteiger partial charge in [0.15, 0.2) is 0 Å². The van der Waals surface area contributed by atoms with Gasteiger partial charge in [-0.25, -0.2) is 4.79 Å². The van der Waals surface area contributed by atoms with Crippen molar-refractivity contribution in [1.82, 2.24) is 10.2 Å². The van der Waals surface area contributed by atoms with Crippen LogP contribution >= 0.6 is 0 Å². The molecule has 5 nitrogen and oxygen atoms in total. The second-order valence-electron chi connectivity index (χ2n) is 4.22. The molecule has 0 fully saturated rings. The number of aliphatic hydroxyl groups excluding tert-OH is 2. The van der Waals surface area contributed by atoms with Crippen molar-refractivity contribution >= 4 is 12.1 Å². The molecule has 0 aliphatic rings. The minimum Gasteiger partial charge on any atom is -0.394 e. The lowest BCUT2D eigenvalue weighted by Crippen LogP contribution is -2.42. The van der Waals surface area contributed by atoms with Crippen LogP contribution in [0, 0.1) is 0 Å². The van der Waals surface area contributed by atoms with E-state index in [2.05, 4.69) is 5.32 Å². The molecule has 0 aliphatic carbocycles. The Kier molecular flexibility index (Phi) is 6.63. The maximum absolute atomic E-state index is 11.6. The fraction of sp³-hybridized carbons (Fsp3) is 0.357. The zero-order chi connectivity index (χ0) is 14.1. The Morgan fingerprint density at radius 1 is 1.42 bits per heavy atom. The number of nitrogens with zero attached hydrogens (tertiary/aromatic N) is 1. The van der Waals surface area contributed by atoms with Gasteiger partial charge in [-0.2, -0.15) is 0 Å². The van der Waals surface area contributed by atoms with Gasteiger partial charge in [0.2, 0.25) is 0 Å². The van der Waals surface area contributed by atoms with Crippen LogP contribution in [0.25, 0.3) is 6.08 Å². The third kappa shape index (κ3) is 6.03. The Morgan fingerprint density at radius 2 is 2.11 bits per heavy atom. The molecule has 1 aromatic rings. The maximum Gasteiger partial charge on any atom is 0.317 e. The first-order valence-electron chi connectivity index (χ1n) is 6.13. The summed E-state index contributed by atoms with van der Waals surface area (Å²) >= 11 is 0. The van der Waals surface area contributed by atoms with E-state index in [1.54, 1.807) is 7.05 Å². The molecule has 1 unspecified atom stereocenters. The molecule has 3 N–H and O–H groups in total. The summed E-state index contributed by atoms with van der Waals surface area (Å²) in [5.74, 6) is 0. The van der Waals surface area contributed by atoms with Gasteiger partial charge in [-0.3, -0.25) is 0 Å². The van der Waals surface area contributed by atoms with Crippen LogP contribution in [0.2, 0.25) is 0 Å². The first-order chi connectivity index (χ1) is 9.13. The number of hydrogen-bond acceptors (Lipinski definition) is 3. The average Bonchev–Trinajstić information content (AvgIpc) is 2.44. The minimum atomic E-state index is -0.907. The molecule has 19 heavy (non-hydrogen) atoms. The summed E-state index contributed by atoms with van der Waals surface area (Å²) in [6.07, 6.45) is 2.86. The summed E-state index contributed by atoms with van der Waals surface area (Å²) in [5, 5.41) is 20.6. The molecule has 0 aromatic heterocycles. The number of likely N-dealkylation sites (N-methyl/N-ethyl adjacent to an activating group) is 1. The van der Waals surface area contributed by atoms with Gasteiger partial charge in [0, 0.05) is 13.6 Å². The number of carbonyl (C=O) groups is 1. The van der Waals surface area contributed by atoms with Gasteiger partial charge < -0.3 is 20.4 Å². The molecule has 1 atom stereocenters. The summed E-state index contributed by atoms with van der Waals surface area (Å²) in [7, 11) is 1.56. The number of benzene rings is 1. The normalized spacial score (nSPS) is 12.4. The second-order valence-corrected chi connectivity index (χ2v) is 4.22. The largest absolute Gasteiger partial charge is 0.394 e. The SMILES string of the molecule is CN(CC(O)CO)C(=O)NCC=Cc1ccccc1. The van der Waals surface area contributed by atoms with E-state index in [-0.39, 0.29) is 19.2 Å². The van der Waals surface area contributed by atoms with Gasteiger partial charge in [0.25, 0.3) is 0 Å². The molecule has 2 amide bonds. The number of hydrogen-bond donors (Lipinski definition) is 3. The number of rotatable bonds is 6. The lowest BCUT2D eigenvalue weighted by molar-refractivity contribution is 0.0734. The van der Waals surface area contributed by atoms with Crippen molar-refractivity contribution in [2.24, 2.45) is 0 Å². The summed E-state index contributed by atoms with van der Waals surface area (Å²) in [4.78, 5) is 12.9. The van der Waals surface area contributed by atoms with Crippen LogP contribution in [0.15, 0.2) is 36.4 Å². The van der Waals surface area contributed by atoms with Crippen LogP contribution in [0.5, 0.6) is 0 Å². The van der Waals surface area contributed by atoms with Crippen LogP contribution in [0.1, 0.15) is 5.56 Å². The van der Waals surface area contributed by atoms with E-state index in [4.69, 9.17) is 5.11 Å². The quantitative estimate of drug-likeness (QED) is 0.708. The smallest absolute Gasteiger partial charge is 0.317 e. The molecule has 0 heterocycles. The van der Waals surface area contributed by atoms with E-state index in [1.165, 1.54) is 4.90 Å². The molecule has 0 saturated carbocycles. The Labute approximate surface area is 113 Å². The van der Waals surface area contributed by atoms with Crippen molar-refractivity contribution in [3.63, 3.8) is 0 Å². The molecular weight excluding hydrogens is 244 g/mol. The van der Waals surface area contributed by atoms with Gasteiger partial charge in [-0.1, -0.05) is 42.5 Å². The second kappa shape index (κ2) is 8.29. The van der Waals surface area contributed by atoms with Gasteiger partial charge in [0.1, 0.15) is 0 Å². The number of amides is 2. The summed E-state index contributed by atoms with van der Waals surface area (Å²) in [6, 6.07) is 9.50. The van der Waals surface area contributed by atoms with E-state index in [9.17, 15) is 9.90 Å². The van der Waals surface area contributed by atoms with Crippen LogP contribution in [-0.2, 0) is 0 Å². The average molecular weight is 264 g/mol. The number of aliphatic hydroxyl groups is 2. The third-order valence-electron chi connectivity index (χ3n) is 2.52. The monoisotopic (exact) mass is 264 g/mol. The summed E-state index contributed by atoms with van der Waals surface area (Å²) in [6.45, 7) is 0.156. The molecule has 1 aromatic carbocycles. The standard InChI is InChI=1S/C14H20N2O3/c1-16(10-13(18)11-17)14(19)15-9-5-8-12-6-3-2-4-7-12/h2-8,13,17-18H,9-11H2,1H3,(H,15,19). The number of carbonyl (C=O) groups excluding carboxylic acids is 1. The van der Waals surface area contributed by atoms with Gasteiger partial charge >= 0.3 is 6.03 Å². The molecule has 0 aliphatic heterocycles. The molecule has 104 valence electrons. The molecule has 0 radical (unpaired) electrons. The van der Waals surface area contributed by atoms with E-state index in [1.807, 2.05) is 42.5 Å². The molecule has 0 saturated heterocycles. The Balaban J connectivity index is 2.29. The van der Waals surface area contributed by atoms with Gasteiger partial charge in [-0.15, -0.1) is 0 Å². The minimum absolute atomic E-state index is 0.102. The molecular formula is C14H20N2O3. The summed E-state index contributed by atoms with van der Waals surface area (Å²) in [5.41, 5.74) is 1.07. The molecule has 0 bridgehead atoms. The lowest BCUT2D eigenvalue weighted by atomic mass is 10.2. The van der Waals surface area contributed by atoms with Crippen molar-refractivity contribution < 1.29 is 15.0 Å². The fourth-order valence-corrected chi connectivity index (χ4v) is 1.50. The molecule has 1 rings (SSSR count). The van der Waals surface area contributed by atoms with Gasteiger partial charge in [-0.05, 0) is 5.56 Å². The lowest BCUT2D eigenvalue weighted by Gasteiger charge is -2.19. The van der Waals surface area contributed by atoms with E-state index < -0.39 is 6.10 Å². The predicted octanol–water partition coefficient (Wildman–Crippen LogP) is 0.694. The van der Waals surface area contributed by atoms with Crippen LogP contribution < -0.4 is 5.32 Å². The number of urea groups is 1. The van der Waals surface area contributed by atoms with Crippen molar-refractivity contribution in [3.8, 4) is 0 Å². The highest BCUT2D eigenvalue weighted by molar-refractivity contribution is 5.74. The highest BCUT2D eigenvalue weighted by Crippen LogP contribution is 2.00. The van der Waals surface area contributed by atoms with E-state index >= 15 is 0 Å². The van der Waals surface area contributed by atoms with E-state index in [0.29, 0.717) is 6.54 Å². The Bertz CT molecular complexity index is 406. The highest BCUT2D eigenvalue weighted by Gasteiger charge is 2.11. The Hall–Kier alpha value is -1.85. The molecule has 0 spiro atoms. The summed E-state index contributed by atoms with van der Waals surface area (Å²) < 4.78 is 0. The zero-order valence-corrected chi connectivity index (χ0v) is 11.0. The van der Waals surface area contributed by atoms with Crippen LogP contribution in [-0.4, -0.2) is 54.0 Å². The third-order valence-corrected chi connectivity index (χ3v) is 2.52. The van der Waals surface area contributed by atoms with Crippen LogP contribution in [0.3, 0.4) is 0 Å². The zero-order valence-electron chi connectivity index (χ0n) is 11.0. The first kappa shape index (κ1) is 15.2. The van der Waals surface area contributed by atoms with Crippen LogP contribution in [0.4, 0.5) is 4.79 Å². The maximum atomic E-state index is 11.6. The molecule has 5 heteroatoms. The first-order valence-corrected chi connectivity index (χ1v) is 6.13. The highest BCUT2D eigenvalue weighted by atomic mass is 16.3. The fourth-order valence-electron chi connectivity index (χ4n) is 1.50. The Morgan fingerprint density at radius 3 is 2.74 bits per heavy atom. The number of nitrogens with one attached hydrogen (secondary N) is 1. The van der Waals surface area contributed by atoms with Crippen molar-refractivity contribution in [3.05, 3.63) is 42.0 Å². The van der Waals surface area contributed by atoms with Crippen molar-refractivity contribution in [1.29, 1.82) is 0 Å². The topological polar surface area (TPSA) is 72.8 Å². The van der Waals surface area contributed by atoms with Crippen molar-refractivity contribution in [2.45, 2.75) is 6.10 Å². The van der Waals surface area contributed by atoms with Gasteiger partial charge in [0.05, 0.1) is 19.3 Å². The predicted molar refractivity (Wildman–Crippen MR) is 74.6 cm³/mol. The van der Waals surface area contributed by atoms with Crippen molar-refractivity contribution in [2.75, 3.05) is 26.7 Å².